The Bertz CT molecular complexity index is 291. The van der Waals surface area contributed by atoms with Gasteiger partial charge >= 0.3 is 0 Å². The summed E-state index contributed by atoms with van der Waals surface area (Å²) in [5.74, 6) is 0.838. The molecule has 1 rings (SSSR count). The first-order valence-electron chi connectivity index (χ1n) is 8.81. The summed E-state index contributed by atoms with van der Waals surface area (Å²) in [7, 11) is 4.38. The van der Waals surface area contributed by atoms with Gasteiger partial charge in [0, 0.05) is 18.6 Å². The van der Waals surface area contributed by atoms with Gasteiger partial charge in [-0.3, -0.25) is 4.90 Å². The zero-order valence-corrected chi connectivity index (χ0v) is 15.4. The van der Waals surface area contributed by atoms with Crippen molar-refractivity contribution in [3.05, 3.63) is 0 Å². The van der Waals surface area contributed by atoms with Crippen molar-refractivity contribution in [2.45, 2.75) is 78.5 Å². The highest BCUT2D eigenvalue weighted by Crippen LogP contribution is 2.41. The van der Waals surface area contributed by atoms with Crippen molar-refractivity contribution in [3.8, 4) is 0 Å². The van der Waals surface area contributed by atoms with Crippen LogP contribution in [0.15, 0.2) is 0 Å². The van der Waals surface area contributed by atoms with Gasteiger partial charge in [-0.15, -0.1) is 0 Å². The minimum atomic E-state index is 0.330. The quantitative estimate of drug-likeness (QED) is 0.742. The molecule has 0 radical (unpaired) electrons. The van der Waals surface area contributed by atoms with Gasteiger partial charge in [0.05, 0.1) is 12.7 Å². The van der Waals surface area contributed by atoms with Gasteiger partial charge in [-0.25, -0.2) is 0 Å². The van der Waals surface area contributed by atoms with Gasteiger partial charge in [0.15, 0.2) is 0 Å². The lowest BCUT2D eigenvalue weighted by molar-refractivity contribution is 0.0272. The lowest BCUT2D eigenvalue weighted by atomic mass is 9.67. The Labute approximate surface area is 132 Å². The number of rotatable bonds is 8. The molecule has 1 aliphatic carbocycles. The third-order valence-corrected chi connectivity index (χ3v) is 5.67. The second kappa shape index (κ2) is 8.50. The fourth-order valence-corrected chi connectivity index (χ4v) is 3.57. The standard InChI is InChI=1S/C18H38N2O/c1-8-18(4,5)15-9-10-16(19-6)17(13-15)20(7)11-12-21-14(2)3/h14-17,19H,8-13H2,1-7H3. The molecule has 3 atom stereocenters. The van der Waals surface area contributed by atoms with E-state index < -0.39 is 0 Å². The van der Waals surface area contributed by atoms with Crippen LogP contribution in [0, 0.1) is 11.3 Å². The predicted octanol–water partition coefficient (Wildman–Crippen LogP) is 3.54. The third kappa shape index (κ3) is 5.54. The Morgan fingerprint density at radius 2 is 1.95 bits per heavy atom. The van der Waals surface area contributed by atoms with Gasteiger partial charge in [-0.05, 0) is 58.5 Å². The molecule has 126 valence electrons. The smallest absolute Gasteiger partial charge is 0.0596 e. The van der Waals surface area contributed by atoms with Crippen molar-refractivity contribution in [2.24, 2.45) is 11.3 Å². The summed E-state index contributed by atoms with van der Waals surface area (Å²) in [6, 6.07) is 1.26. The maximum Gasteiger partial charge on any atom is 0.0596 e. The minimum Gasteiger partial charge on any atom is -0.377 e. The van der Waals surface area contributed by atoms with Gasteiger partial charge < -0.3 is 10.1 Å². The van der Waals surface area contributed by atoms with Crippen LogP contribution >= 0.6 is 0 Å². The Balaban J connectivity index is 2.61. The van der Waals surface area contributed by atoms with Crippen molar-refractivity contribution < 1.29 is 4.74 Å². The third-order valence-electron chi connectivity index (χ3n) is 5.67. The van der Waals surface area contributed by atoms with E-state index in [1.54, 1.807) is 0 Å². The summed E-state index contributed by atoms with van der Waals surface area (Å²) in [5, 5.41) is 3.54. The second-order valence-electron chi connectivity index (χ2n) is 7.71. The molecule has 3 unspecified atom stereocenters. The van der Waals surface area contributed by atoms with Gasteiger partial charge in [0.25, 0.3) is 0 Å². The van der Waals surface area contributed by atoms with Crippen molar-refractivity contribution in [2.75, 3.05) is 27.2 Å². The highest BCUT2D eigenvalue weighted by Gasteiger charge is 2.38. The van der Waals surface area contributed by atoms with Crippen LogP contribution in [0.5, 0.6) is 0 Å². The largest absolute Gasteiger partial charge is 0.377 e. The molecular weight excluding hydrogens is 260 g/mol. The maximum atomic E-state index is 5.73. The zero-order valence-electron chi connectivity index (χ0n) is 15.4. The molecule has 1 saturated carbocycles. The van der Waals surface area contributed by atoms with E-state index in [2.05, 4.69) is 58.9 Å². The zero-order chi connectivity index (χ0) is 16.0. The molecule has 21 heavy (non-hydrogen) atoms. The minimum absolute atomic E-state index is 0.330. The highest BCUT2D eigenvalue weighted by atomic mass is 16.5. The van der Waals surface area contributed by atoms with E-state index in [-0.39, 0.29) is 0 Å². The molecule has 1 fully saturated rings. The first kappa shape index (κ1) is 18.9. The molecule has 3 heteroatoms. The second-order valence-corrected chi connectivity index (χ2v) is 7.71. The van der Waals surface area contributed by atoms with Crippen molar-refractivity contribution >= 4 is 0 Å². The van der Waals surface area contributed by atoms with Crippen molar-refractivity contribution in [3.63, 3.8) is 0 Å². The van der Waals surface area contributed by atoms with E-state index in [0.29, 0.717) is 23.6 Å². The summed E-state index contributed by atoms with van der Waals surface area (Å²) >= 11 is 0. The number of likely N-dealkylation sites (N-methyl/N-ethyl adjacent to an activating group) is 2. The molecule has 0 amide bonds. The van der Waals surface area contributed by atoms with Gasteiger partial charge in [-0.2, -0.15) is 0 Å². The molecular formula is C18H38N2O. The molecule has 0 aromatic heterocycles. The first-order valence-corrected chi connectivity index (χ1v) is 8.81. The SMILES string of the molecule is CCC(C)(C)C1CCC(NC)C(N(C)CCOC(C)C)C1. The molecule has 1 aliphatic rings. The van der Waals surface area contributed by atoms with Crippen LogP contribution in [0.3, 0.4) is 0 Å². The summed E-state index contributed by atoms with van der Waals surface area (Å²) in [5.41, 5.74) is 0.465. The Kier molecular flexibility index (Phi) is 7.66. The van der Waals surface area contributed by atoms with Crippen LogP contribution in [0.4, 0.5) is 0 Å². The molecule has 0 aromatic rings. The van der Waals surface area contributed by atoms with Crippen LogP contribution in [0.25, 0.3) is 0 Å². The van der Waals surface area contributed by atoms with E-state index in [1.807, 2.05) is 0 Å². The van der Waals surface area contributed by atoms with Gasteiger partial charge in [0.2, 0.25) is 0 Å². The Morgan fingerprint density at radius 1 is 1.29 bits per heavy atom. The van der Waals surface area contributed by atoms with E-state index in [4.69, 9.17) is 4.74 Å². The summed E-state index contributed by atoms with van der Waals surface area (Å²) in [6.45, 7) is 13.3. The monoisotopic (exact) mass is 298 g/mol. The van der Waals surface area contributed by atoms with Crippen LogP contribution in [0.2, 0.25) is 0 Å². The van der Waals surface area contributed by atoms with Gasteiger partial charge in [0.1, 0.15) is 0 Å². The van der Waals surface area contributed by atoms with Crippen LogP contribution in [0.1, 0.15) is 60.3 Å². The summed E-state index contributed by atoms with van der Waals surface area (Å²) in [6.07, 6.45) is 5.57. The summed E-state index contributed by atoms with van der Waals surface area (Å²) in [4.78, 5) is 2.52. The first-order chi connectivity index (χ1) is 9.81. The average molecular weight is 299 g/mol. The number of hydrogen-bond acceptors (Lipinski definition) is 3. The van der Waals surface area contributed by atoms with E-state index in [9.17, 15) is 0 Å². The Morgan fingerprint density at radius 3 is 2.48 bits per heavy atom. The maximum absolute atomic E-state index is 5.73. The normalized spacial score (nSPS) is 27.6. The van der Waals surface area contributed by atoms with Crippen molar-refractivity contribution in [1.29, 1.82) is 0 Å². The molecule has 0 aliphatic heterocycles. The van der Waals surface area contributed by atoms with E-state index in [0.717, 1.165) is 19.1 Å². The molecule has 0 aromatic carbocycles. The fraction of sp³-hybridized carbons (Fsp3) is 1.00. The molecule has 0 saturated heterocycles. The van der Waals surface area contributed by atoms with E-state index >= 15 is 0 Å². The fourth-order valence-electron chi connectivity index (χ4n) is 3.57. The average Bonchev–Trinajstić information content (AvgIpc) is 2.45. The van der Waals surface area contributed by atoms with Crippen LogP contribution < -0.4 is 5.32 Å². The number of hydrogen-bond donors (Lipinski definition) is 1. The number of nitrogens with zero attached hydrogens (tertiary/aromatic N) is 1. The molecule has 0 bridgehead atoms. The van der Waals surface area contributed by atoms with Gasteiger partial charge in [-0.1, -0.05) is 27.2 Å². The summed E-state index contributed by atoms with van der Waals surface area (Å²) < 4.78 is 5.73. The lowest BCUT2D eigenvalue weighted by Crippen LogP contribution is -2.53. The van der Waals surface area contributed by atoms with Crippen LogP contribution in [-0.4, -0.2) is 50.3 Å². The molecule has 1 N–H and O–H groups in total. The van der Waals surface area contributed by atoms with Crippen molar-refractivity contribution in [1.82, 2.24) is 10.2 Å². The Hall–Kier alpha value is -0.120. The van der Waals surface area contributed by atoms with E-state index in [1.165, 1.54) is 25.7 Å². The van der Waals surface area contributed by atoms with Crippen LogP contribution in [-0.2, 0) is 4.74 Å². The number of nitrogens with one attached hydrogen (secondary N) is 1. The molecule has 0 spiro atoms. The number of ether oxygens (including phenoxy) is 1. The lowest BCUT2D eigenvalue weighted by Gasteiger charge is -2.46. The molecule has 3 nitrogen and oxygen atoms in total. The highest BCUT2D eigenvalue weighted by molar-refractivity contribution is 4.93. The predicted molar refractivity (Wildman–Crippen MR) is 91.8 cm³/mol. The molecule has 0 heterocycles. The topological polar surface area (TPSA) is 24.5 Å².